The lowest BCUT2D eigenvalue weighted by atomic mass is 10.1. The van der Waals surface area contributed by atoms with E-state index < -0.39 is 15.9 Å². The maximum Gasteiger partial charge on any atom is 0.253 e. The van der Waals surface area contributed by atoms with Gasteiger partial charge in [-0.25, -0.2) is 12.7 Å². The quantitative estimate of drug-likeness (QED) is 0.314. The molecule has 0 aliphatic heterocycles. The van der Waals surface area contributed by atoms with Crippen molar-refractivity contribution in [3.8, 4) is 0 Å². The minimum absolute atomic E-state index is 0.0220. The average molecular weight is 605 g/mol. The van der Waals surface area contributed by atoms with Crippen LogP contribution < -0.4 is 10.6 Å². The first-order valence-electron chi connectivity index (χ1n) is 11.4. The standard InChI is InChI=1S/C27H27BrClN3O4S/c1-32(2)37(35,36)23-14-15-25(29)24(17-23)27(34)31-18-20-6-10-21(11-7-20)26(33)30-16-4-3-5-19-8-12-22(28)13-9-19/h3,5-15,17H,4,16,18H2,1-2H3,(H,30,33)(H,31,34)/b5-3+. The molecule has 0 fully saturated rings. The number of benzene rings is 3. The summed E-state index contributed by atoms with van der Waals surface area (Å²) < 4.78 is 26.8. The Hall–Kier alpha value is -2.98. The fraction of sp³-hybridized carbons (Fsp3) is 0.185. The van der Waals surface area contributed by atoms with E-state index in [1.807, 2.05) is 36.4 Å². The zero-order valence-electron chi connectivity index (χ0n) is 20.4. The van der Waals surface area contributed by atoms with E-state index in [0.717, 1.165) is 19.9 Å². The van der Waals surface area contributed by atoms with Crippen LogP contribution in [0.4, 0.5) is 0 Å². The smallest absolute Gasteiger partial charge is 0.253 e. The number of hydrogen-bond acceptors (Lipinski definition) is 4. The summed E-state index contributed by atoms with van der Waals surface area (Å²) in [6.45, 7) is 0.690. The van der Waals surface area contributed by atoms with Gasteiger partial charge in [-0.05, 0) is 60.0 Å². The average Bonchev–Trinajstić information content (AvgIpc) is 2.88. The third-order valence-electron chi connectivity index (χ3n) is 5.41. The molecule has 0 atom stereocenters. The molecule has 0 heterocycles. The van der Waals surface area contributed by atoms with Gasteiger partial charge in [0.2, 0.25) is 10.0 Å². The Labute approximate surface area is 230 Å². The molecule has 37 heavy (non-hydrogen) atoms. The molecule has 3 rings (SSSR count). The van der Waals surface area contributed by atoms with Crippen molar-refractivity contribution >= 4 is 55.4 Å². The number of nitrogens with one attached hydrogen (secondary N) is 2. The first kappa shape index (κ1) is 28.6. The van der Waals surface area contributed by atoms with Crippen LogP contribution in [0.1, 0.15) is 38.3 Å². The van der Waals surface area contributed by atoms with Crippen molar-refractivity contribution in [1.29, 1.82) is 0 Å². The summed E-state index contributed by atoms with van der Waals surface area (Å²) in [6, 6.07) is 18.8. The molecule has 0 saturated carbocycles. The minimum Gasteiger partial charge on any atom is -0.352 e. The molecule has 7 nitrogen and oxygen atoms in total. The van der Waals surface area contributed by atoms with Gasteiger partial charge < -0.3 is 10.6 Å². The molecule has 0 spiro atoms. The number of rotatable bonds is 10. The van der Waals surface area contributed by atoms with E-state index >= 15 is 0 Å². The first-order valence-corrected chi connectivity index (χ1v) is 14.0. The second-order valence-corrected chi connectivity index (χ2v) is 11.8. The Kier molecular flexibility index (Phi) is 10.0. The van der Waals surface area contributed by atoms with Crippen molar-refractivity contribution in [2.75, 3.05) is 20.6 Å². The summed E-state index contributed by atoms with van der Waals surface area (Å²) in [6.07, 6.45) is 4.71. The van der Waals surface area contributed by atoms with E-state index in [0.29, 0.717) is 18.5 Å². The third-order valence-corrected chi connectivity index (χ3v) is 8.08. The SMILES string of the molecule is CN(C)S(=O)(=O)c1ccc(Cl)c(C(=O)NCc2ccc(C(=O)NCC/C=C/c3ccc(Br)cc3)cc2)c1. The second-order valence-electron chi connectivity index (χ2n) is 8.31. The van der Waals surface area contributed by atoms with E-state index in [-0.39, 0.29) is 27.9 Å². The van der Waals surface area contributed by atoms with Gasteiger partial charge >= 0.3 is 0 Å². The number of carbonyl (C=O) groups excluding carboxylic acids is 2. The third kappa shape index (κ3) is 8.00. The fourth-order valence-electron chi connectivity index (χ4n) is 3.27. The van der Waals surface area contributed by atoms with Crippen molar-refractivity contribution in [2.24, 2.45) is 0 Å². The van der Waals surface area contributed by atoms with Gasteiger partial charge in [0.25, 0.3) is 11.8 Å². The van der Waals surface area contributed by atoms with E-state index in [9.17, 15) is 18.0 Å². The lowest BCUT2D eigenvalue weighted by Gasteiger charge is -2.13. The number of halogens is 2. The zero-order valence-corrected chi connectivity index (χ0v) is 23.5. The molecule has 0 bridgehead atoms. The lowest BCUT2D eigenvalue weighted by Crippen LogP contribution is -2.25. The van der Waals surface area contributed by atoms with Gasteiger partial charge in [0.15, 0.2) is 0 Å². The van der Waals surface area contributed by atoms with Crippen LogP contribution in [0.2, 0.25) is 5.02 Å². The number of sulfonamides is 1. The molecule has 194 valence electrons. The van der Waals surface area contributed by atoms with E-state index in [1.165, 1.54) is 32.3 Å². The number of hydrogen-bond donors (Lipinski definition) is 2. The molecule has 2 amide bonds. The second kappa shape index (κ2) is 13.0. The van der Waals surface area contributed by atoms with Gasteiger partial charge in [-0.3, -0.25) is 9.59 Å². The number of amides is 2. The Bertz CT molecular complexity index is 1390. The highest BCUT2D eigenvalue weighted by Gasteiger charge is 2.20. The van der Waals surface area contributed by atoms with Crippen LogP contribution in [0, 0.1) is 0 Å². The molecular formula is C27H27BrClN3O4S. The molecule has 10 heteroatoms. The van der Waals surface area contributed by atoms with E-state index in [2.05, 4.69) is 26.6 Å². The summed E-state index contributed by atoms with van der Waals surface area (Å²) in [4.78, 5) is 25.0. The lowest BCUT2D eigenvalue weighted by molar-refractivity contribution is 0.0943. The van der Waals surface area contributed by atoms with Crippen molar-refractivity contribution in [3.63, 3.8) is 0 Å². The van der Waals surface area contributed by atoms with E-state index in [4.69, 9.17) is 11.6 Å². The van der Waals surface area contributed by atoms with Gasteiger partial charge in [0.1, 0.15) is 0 Å². The Balaban J connectivity index is 1.51. The topological polar surface area (TPSA) is 95.6 Å². The van der Waals surface area contributed by atoms with Gasteiger partial charge in [0.05, 0.1) is 15.5 Å². The maximum absolute atomic E-state index is 12.7. The highest BCUT2D eigenvalue weighted by molar-refractivity contribution is 9.10. The molecular weight excluding hydrogens is 578 g/mol. The first-order chi connectivity index (χ1) is 17.6. The van der Waals surface area contributed by atoms with Crippen molar-refractivity contribution in [3.05, 3.63) is 105 Å². The van der Waals surface area contributed by atoms with Crippen LogP contribution in [0.25, 0.3) is 6.08 Å². The van der Waals surface area contributed by atoms with Crippen molar-refractivity contribution < 1.29 is 18.0 Å². The Morgan fingerprint density at radius 2 is 1.62 bits per heavy atom. The van der Waals surface area contributed by atoms with Crippen LogP contribution >= 0.6 is 27.5 Å². The molecule has 0 aliphatic rings. The predicted octanol–water partition coefficient (Wildman–Crippen LogP) is 5.12. The molecule has 0 aromatic heterocycles. The number of nitrogens with zero attached hydrogens (tertiary/aromatic N) is 1. The van der Waals surface area contributed by atoms with Gasteiger partial charge in [-0.1, -0.05) is 63.9 Å². The van der Waals surface area contributed by atoms with Crippen molar-refractivity contribution in [2.45, 2.75) is 17.9 Å². The molecule has 3 aromatic rings. The summed E-state index contributed by atoms with van der Waals surface area (Å²) >= 11 is 9.54. The van der Waals surface area contributed by atoms with Crippen LogP contribution in [0.3, 0.4) is 0 Å². The summed E-state index contributed by atoms with van der Waals surface area (Å²) in [5, 5.41) is 5.76. The Morgan fingerprint density at radius 3 is 2.27 bits per heavy atom. The van der Waals surface area contributed by atoms with Crippen LogP contribution in [0.15, 0.2) is 82.2 Å². The summed E-state index contributed by atoms with van der Waals surface area (Å²) in [7, 11) is -0.877. The maximum atomic E-state index is 12.7. The normalized spacial score (nSPS) is 11.6. The molecule has 0 saturated heterocycles. The predicted molar refractivity (Wildman–Crippen MR) is 150 cm³/mol. The van der Waals surface area contributed by atoms with Crippen LogP contribution in [0.5, 0.6) is 0 Å². The molecule has 0 unspecified atom stereocenters. The number of carbonyl (C=O) groups is 2. The highest BCUT2D eigenvalue weighted by Crippen LogP contribution is 2.22. The molecule has 3 aromatic carbocycles. The van der Waals surface area contributed by atoms with Crippen LogP contribution in [-0.4, -0.2) is 45.2 Å². The zero-order chi connectivity index (χ0) is 27.0. The largest absolute Gasteiger partial charge is 0.352 e. The van der Waals surface area contributed by atoms with Crippen LogP contribution in [-0.2, 0) is 16.6 Å². The Morgan fingerprint density at radius 1 is 0.946 bits per heavy atom. The van der Waals surface area contributed by atoms with Gasteiger partial charge in [-0.2, -0.15) is 0 Å². The molecule has 0 radical (unpaired) electrons. The minimum atomic E-state index is -3.70. The molecule has 0 aliphatic carbocycles. The summed E-state index contributed by atoms with van der Waals surface area (Å²) in [5.41, 5.74) is 2.44. The highest BCUT2D eigenvalue weighted by atomic mass is 79.9. The van der Waals surface area contributed by atoms with Crippen molar-refractivity contribution in [1.82, 2.24) is 14.9 Å². The summed E-state index contributed by atoms with van der Waals surface area (Å²) in [5.74, 6) is -0.683. The molecule has 2 N–H and O–H groups in total. The fourth-order valence-corrected chi connectivity index (χ4v) is 4.66. The monoisotopic (exact) mass is 603 g/mol. The van der Waals surface area contributed by atoms with Gasteiger partial charge in [-0.15, -0.1) is 0 Å². The van der Waals surface area contributed by atoms with Gasteiger partial charge in [0, 0.05) is 37.2 Å². The van der Waals surface area contributed by atoms with E-state index in [1.54, 1.807) is 24.3 Å².